The Morgan fingerprint density at radius 2 is 2.24 bits per heavy atom. The summed E-state index contributed by atoms with van der Waals surface area (Å²) >= 11 is 0. The second-order valence-corrected chi connectivity index (χ2v) is 3.45. The largest absolute Gasteiger partial charge is 0.492 e. The maximum Gasteiger partial charge on any atom is 0.488 e. The highest BCUT2D eigenvalue weighted by Crippen LogP contribution is 2.07. The van der Waals surface area contributed by atoms with Crippen LogP contribution < -0.4 is 10.2 Å². The van der Waals surface area contributed by atoms with Gasteiger partial charge in [-0.2, -0.15) is 5.10 Å². The molecule has 0 spiro atoms. The normalized spacial score (nSPS) is 10.2. The van der Waals surface area contributed by atoms with E-state index < -0.39 is 7.12 Å². The monoisotopic (exact) mass is 233 g/mol. The van der Waals surface area contributed by atoms with Crippen molar-refractivity contribution in [2.24, 2.45) is 0 Å². The second-order valence-electron chi connectivity index (χ2n) is 3.45. The standard InChI is InChI=1S/C10H12BN3O3/c15-11(16)9-2-1-3-10(6-9)17-5-4-14-8-12-7-13-14/h1-3,6-8,15-16H,4-5H2. The number of hydrogen-bond donors (Lipinski definition) is 2. The van der Waals surface area contributed by atoms with Gasteiger partial charge in [-0.3, -0.25) is 0 Å². The van der Waals surface area contributed by atoms with Gasteiger partial charge in [0.15, 0.2) is 0 Å². The Morgan fingerprint density at radius 3 is 2.94 bits per heavy atom. The Bertz CT molecular complexity index is 462. The van der Waals surface area contributed by atoms with Crippen LogP contribution in [0.1, 0.15) is 0 Å². The van der Waals surface area contributed by atoms with Crippen molar-refractivity contribution in [3.63, 3.8) is 0 Å². The van der Waals surface area contributed by atoms with Gasteiger partial charge >= 0.3 is 7.12 Å². The Labute approximate surface area is 98.6 Å². The van der Waals surface area contributed by atoms with Crippen molar-refractivity contribution in [3.8, 4) is 5.75 Å². The fraction of sp³-hybridized carbons (Fsp3) is 0.200. The van der Waals surface area contributed by atoms with Crippen molar-refractivity contribution >= 4 is 12.6 Å². The third-order valence-corrected chi connectivity index (χ3v) is 2.21. The predicted octanol–water partition coefficient (Wildman–Crippen LogP) is -0.963. The Morgan fingerprint density at radius 1 is 1.35 bits per heavy atom. The molecule has 1 aromatic carbocycles. The van der Waals surface area contributed by atoms with Gasteiger partial charge in [0, 0.05) is 0 Å². The van der Waals surface area contributed by atoms with E-state index in [1.807, 2.05) is 0 Å². The second kappa shape index (κ2) is 5.47. The maximum atomic E-state index is 9.00. The SMILES string of the molecule is OB(O)c1cccc(OCCn2cncn2)c1. The highest BCUT2D eigenvalue weighted by molar-refractivity contribution is 6.58. The molecule has 17 heavy (non-hydrogen) atoms. The summed E-state index contributed by atoms with van der Waals surface area (Å²) in [7, 11) is -1.48. The first-order valence-electron chi connectivity index (χ1n) is 5.17. The molecule has 0 unspecified atom stereocenters. The summed E-state index contributed by atoms with van der Waals surface area (Å²) in [6.07, 6.45) is 3.07. The molecule has 7 heteroatoms. The van der Waals surface area contributed by atoms with E-state index in [2.05, 4.69) is 10.1 Å². The van der Waals surface area contributed by atoms with E-state index in [-0.39, 0.29) is 0 Å². The van der Waals surface area contributed by atoms with Crippen molar-refractivity contribution in [3.05, 3.63) is 36.9 Å². The van der Waals surface area contributed by atoms with Crippen LogP contribution in [0, 0.1) is 0 Å². The zero-order chi connectivity index (χ0) is 12.1. The number of ether oxygens (including phenoxy) is 1. The van der Waals surface area contributed by atoms with Crippen LogP contribution in [-0.2, 0) is 6.54 Å². The average Bonchev–Trinajstić information content (AvgIpc) is 2.82. The summed E-state index contributed by atoms with van der Waals surface area (Å²) in [6, 6.07) is 6.67. The van der Waals surface area contributed by atoms with Crippen molar-refractivity contribution in [2.45, 2.75) is 6.54 Å². The van der Waals surface area contributed by atoms with Gasteiger partial charge in [0.1, 0.15) is 25.0 Å². The summed E-state index contributed by atoms with van der Waals surface area (Å²) in [5, 5.41) is 21.9. The number of rotatable bonds is 5. The Kier molecular flexibility index (Phi) is 3.74. The summed E-state index contributed by atoms with van der Waals surface area (Å²) in [5.74, 6) is 0.593. The van der Waals surface area contributed by atoms with Crippen LogP contribution in [0.4, 0.5) is 0 Å². The van der Waals surface area contributed by atoms with Gasteiger partial charge in [0.2, 0.25) is 0 Å². The number of hydrogen-bond acceptors (Lipinski definition) is 5. The van der Waals surface area contributed by atoms with Gasteiger partial charge in [0.25, 0.3) is 0 Å². The zero-order valence-corrected chi connectivity index (χ0v) is 9.10. The van der Waals surface area contributed by atoms with E-state index in [9.17, 15) is 0 Å². The van der Waals surface area contributed by atoms with Gasteiger partial charge < -0.3 is 14.8 Å². The van der Waals surface area contributed by atoms with Crippen LogP contribution in [0.2, 0.25) is 0 Å². The first-order valence-corrected chi connectivity index (χ1v) is 5.17. The minimum absolute atomic E-state index is 0.406. The molecule has 2 rings (SSSR count). The van der Waals surface area contributed by atoms with Gasteiger partial charge in [-0.15, -0.1) is 0 Å². The number of benzene rings is 1. The lowest BCUT2D eigenvalue weighted by Gasteiger charge is -2.07. The van der Waals surface area contributed by atoms with E-state index in [0.29, 0.717) is 24.4 Å². The Balaban J connectivity index is 1.88. The summed E-state index contributed by atoms with van der Waals surface area (Å²) in [6.45, 7) is 1.03. The van der Waals surface area contributed by atoms with Crippen LogP contribution in [0.3, 0.4) is 0 Å². The first kappa shape index (κ1) is 11.6. The van der Waals surface area contributed by atoms with Crippen LogP contribution in [0.15, 0.2) is 36.9 Å². The van der Waals surface area contributed by atoms with Crippen LogP contribution >= 0.6 is 0 Å². The quantitative estimate of drug-likeness (QED) is 0.650. The van der Waals surface area contributed by atoms with E-state index in [1.165, 1.54) is 6.33 Å². The average molecular weight is 233 g/mol. The summed E-state index contributed by atoms with van der Waals surface area (Å²) < 4.78 is 7.12. The van der Waals surface area contributed by atoms with Crippen LogP contribution in [-0.4, -0.2) is 38.5 Å². The highest BCUT2D eigenvalue weighted by atomic mass is 16.5. The third kappa shape index (κ3) is 3.30. The van der Waals surface area contributed by atoms with Crippen molar-refractivity contribution in [1.82, 2.24) is 14.8 Å². The van der Waals surface area contributed by atoms with Gasteiger partial charge in [-0.05, 0) is 17.6 Å². The molecule has 1 aromatic heterocycles. The molecule has 2 N–H and O–H groups in total. The fourth-order valence-corrected chi connectivity index (χ4v) is 1.37. The minimum Gasteiger partial charge on any atom is -0.492 e. The molecular formula is C10H12BN3O3. The third-order valence-electron chi connectivity index (χ3n) is 2.21. The van der Waals surface area contributed by atoms with E-state index >= 15 is 0 Å². The molecule has 6 nitrogen and oxygen atoms in total. The molecule has 0 atom stereocenters. The Hall–Kier alpha value is -1.86. The van der Waals surface area contributed by atoms with Crippen LogP contribution in [0.25, 0.3) is 0 Å². The number of aromatic nitrogens is 3. The maximum absolute atomic E-state index is 9.00. The predicted molar refractivity (Wildman–Crippen MR) is 61.8 cm³/mol. The van der Waals surface area contributed by atoms with Crippen molar-refractivity contribution in [1.29, 1.82) is 0 Å². The molecule has 0 saturated heterocycles. The molecule has 0 radical (unpaired) electrons. The molecule has 0 amide bonds. The van der Waals surface area contributed by atoms with Gasteiger partial charge in [-0.1, -0.05) is 12.1 Å². The van der Waals surface area contributed by atoms with E-state index in [1.54, 1.807) is 35.3 Å². The van der Waals surface area contributed by atoms with E-state index in [0.717, 1.165) is 0 Å². The summed E-state index contributed by atoms with van der Waals surface area (Å²) in [5.41, 5.74) is 0.406. The van der Waals surface area contributed by atoms with Gasteiger partial charge in [-0.25, -0.2) is 9.67 Å². The summed E-state index contributed by atoms with van der Waals surface area (Å²) in [4.78, 5) is 3.82. The molecule has 0 aliphatic rings. The van der Waals surface area contributed by atoms with Gasteiger partial charge in [0.05, 0.1) is 6.54 Å². The molecule has 0 fully saturated rings. The molecule has 1 heterocycles. The lowest BCUT2D eigenvalue weighted by atomic mass is 9.80. The minimum atomic E-state index is -1.48. The fourth-order valence-electron chi connectivity index (χ4n) is 1.37. The lowest BCUT2D eigenvalue weighted by molar-refractivity contribution is 0.291. The molecule has 0 bridgehead atoms. The molecule has 0 aliphatic carbocycles. The smallest absolute Gasteiger partial charge is 0.488 e. The first-order chi connectivity index (χ1) is 8.25. The van der Waals surface area contributed by atoms with Crippen LogP contribution in [0.5, 0.6) is 5.75 Å². The lowest BCUT2D eigenvalue weighted by Crippen LogP contribution is -2.29. The molecule has 88 valence electrons. The molecule has 0 saturated carbocycles. The topological polar surface area (TPSA) is 80.4 Å². The molecular weight excluding hydrogens is 221 g/mol. The molecule has 2 aromatic rings. The molecule has 0 aliphatic heterocycles. The van der Waals surface area contributed by atoms with Crippen molar-refractivity contribution in [2.75, 3.05) is 6.61 Å². The van der Waals surface area contributed by atoms with Crippen molar-refractivity contribution < 1.29 is 14.8 Å². The van der Waals surface area contributed by atoms with E-state index in [4.69, 9.17) is 14.8 Å². The zero-order valence-electron chi connectivity index (χ0n) is 9.10. The number of nitrogens with zero attached hydrogens (tertiary/aromatic N) is 3. The highest BCUT2D eigenvalue weighted by Gasteiger charge is 2.10.